The predicted octanol–water partition coefficient (Wildman–Crippen LogP) is 2.94. The number of carboxylic acid groups (broad SMARTS) is 2. The molecule has 30 heavy (non-hydrogen) atoms. The van der Waals surface area contributed by atoms with Gasteiger partial charge >= 0.3 is 18.0 Å². The number of hydrogen-bond acceptors (Lipinski definition) is 4. The van der Waals surface area contributed by atoms with Gasteiger partial charge in [0.1, 0.15) is 0 Å². The number of rotatable bonds is 5. The molecule has 2 aromatic rings. The van der Waals surface area contributed by atoms with Crippen LogP contribution in [0, 0.1) is 0 Å². The van der Waals surface area contributed by atoms with Crippen molar-refractivity contribution in [1.82, 2.24) is 10.2 Å². The Hall–Kier alpha value is -3.39. The number of carboxylic acids is 2. The zero-order valence-electron chi connectivity index (χ0n) is 17.2. The van der Waals surface area contributed by atoms with Crippen LogP contribution in [0.1, 0.15) is 25.0 Å². The van der Waals surface area contributed by atoms with Crippen molar-refractivity contribution >= 4 is 29.3 Å². The van der Waals surface area contributed by atoms with Crippen molar-refractivity contribution in [2.75, 3.05) is 31.1 Å². The molecule has 1 aliphatic rings. The van der Waals surface area contributed by atoms with Crippen molar-refractivity contribution in [3.63, 3.8) is 0 Å². The van der Waals surface area contributed by atoms with Gasteiger partial charge in [0.2, 0.25) is 0 Å². The molecule has 2 aromatic carbocycles. The van der Waals surface area contributed by atoms with Crippen LogP contribution < -0.4 is 10.2 Å². The number of amides is 2. The van der Waals surface area contributed by atoms with Crippen molar-refractivity contribution in [2.24, 2.45) is 0 Å². The van der Waals surface area contributed by atoms with Crippen molar-refractivity contribution in [1.29, 1.82) is 0 Å². The van der Waals surface area contributed by atoms with Gasteiger partial charge in [-0.2, -0.15) is 0 Å². The summed E-state index contributed by atoms with van der Waals surface area (Å²) < 4.78 is 0. The summed E-state index contributed by atoms with van der Waals surface area (Å²) in [5.74, 6) is -3.65. The molecule has 2 amide bonds. The van der Waals surface area contributed by atoms with Crippen LogP contribution in [0.4, 0.5) is 16.2 Å². The van der Waals surface area contributed by atoms with Gasteiger partial charge < -0.3 is 20.4 Å². The summed E-state index contributed by atoms with van der Waals surface area (Å²) >= 11 is 0. The Morgan fingerprint density at radius 2 is 1.37 bits per heavy atom. The van der Waals surface area contributed by atoms with E-state index in [1.165, 1.54) is 11.1 Å². The minimum absolute atomic E-state index is 0.0539. The van der Waals surface area contributed by atoms with E-state index in [0.29, 0.717) is 6.54 Å². The summed E-state index contributed by atoms with van der Waals surface area (Å²) in [6.45, 7) is 7.81. The lowest BCUT2D eigenvalue weighted by Crippen LogP contribution is -2.42. The van der Waals surface area contributed by atoms with Crippen LogP contribution in [0.15, 0.2) is 48.5 Å². The maximum Gasteiger partial charge on any atom is 0.414 e. The lowest BCUT2D eigenvalue weighted by atomic mass is 9.96. The molecule has 0 fully saturated rings. The number of likely N-dealkylation sites (N-methyl/N-ethyl adjacent to an activating group) is 1. The second kappa shape index (κ2) is 11.0. The second-order valence-electron chi connectivity index (χ2n) is 6.64. The van der Waals surface area contributed by atoms with Crippen LogP contribution >= 0.6 is 0 Å². The molecule has 0 radical (unpaired) electrons. The molecule has 1 aliphatic heterocycles. The fraction of sp³-hybridized carbons (Fsp3) is 0.318. The third-order valence-corrected chi connectivity index (χ3v) is 4.83. The molecule has 8 nitrogen and oxygen atoms in total. The zero-order valence-corrected chi connectivity index (χ0v) is 17.2. The summed E-state index contributed by atoms with van der Waals surface area (Å²) in [6.07, 6.45) is 0.871. The van der Waals surface area contributed by atoms with Gasteiger partial charge in [-0.1, -0.05) is 50.2 Å². The van der Waals surface area contributed by atoms with E-state index in [1.807, 2.05) is 41.3 Å². The Balaban J connectivity index is 0.000000469. The number of hydrogen-bond donors (Lipinski definition) is 3. The maximum absolute atomic E-state index is 12.9. The maximum atomic E-state index is 12.9. The smallest absolute Gasteiger partial charge is 0.414 e. The Bertz CT molecular complexity index is 838. The van der Waals surface area contributed by atoms with Gasteiger partial charge in [-0.05, 0) is 36.3 Å². The first-order valence-electron chi connectivity index (χ1n) is 9.81. The van der Waals surface area contributed by atoms with Crippen molar-refractivity contribution < 1.29 is 24.6 Å². The van der Waals surface area contributed by atoms with Gasteiger partial charge in [0, 0.05) is 19.5 Å². The molecule has 1 heterocycles. The third kappa shape index (κ3) is 5.81. The van der Waals surface area contributed by atoms with Crippen LogP contribution in [0.5, 0.6) is 0 Å². The monoisotopic (exact) mass is 413 g/mol. The number of para-hydroxylation sites is 2. The molecule has 3 N–H and O–H groups in total. The minimum atomic E-state index is -1.82. The number of nitrogens with zero attached hydrogens (tertiary/aromatic N) is 2. The number of nitrogens with one attached hydrogen (secondary N) is 1. The Labute approximate surface area is 175 Å². The SMILES string of the molecule is CCN(CC)CCNC(=O)N1c2ccccc2Cc2ccccc21.O=C(O)C(=O)O. The molecule has 0 atom stereocenters. The number of aliphatic carboxylic acids is 2. The zero-order chi connectivity index (χ0) is 22.1. The molecule has 0 saturated carbocycles. The number of fused-ring (bicyclic) bond motifs is 2. The summed E-state index contributed by atoms with van der Waals surface area (Å²) in [5, 5.41) is 17.9. The Morgan fingerprint density at radius 1 is 0.900 bits per heavy atom. The van der Waals surface area contributed by atoms with Crippen LogP contribution in [0.3, 0.4) is 0 Å². The summed E-state index contributed by atoms with van der Waals surface area (Å²) in [6, 6.07) is 16.2. The van der Waals surface area contributed by atoms with Gasteiger partial charge in [-0.3, -0.25) is 4.90 Å². The Morgan fingerprint density at radius 3 is 1.80 bits per heavy atom. The van der Waals surface area contributed by atoms with E-state index in [1.54, 1.807) is 0 Å². The quantitative estimate of drug-likeness (QED) is 0.650. The minimum Gasteiger partial charge on any atom is -0.473 e. The fourth-order valence-corrected chi connectivity index (χ4v) is 3.25. The van der Waals surface area contributed by atoms with Crippen LogP contribution in [0.25, 0.3) is 0 Å². The van der Waals surface area contributed by atoms with Crippen LogP contribution in [-0.2, 0) is 16.0 Å². The molecule has 160 valence electrons. The van der Waals surface area contributed by atoms with E-state index < -0.39 is 11.9 Å². The van der Waals surface area contributed by atoms with Gasteiger partial charge in [0.05, 0.1) is 11.4 Å². The highest BCUT2D eigenvalue weighted by Crippen LogP contribution is 2.38. The molecule has 3 rings (SSSR count). The highest BCUT2D eigenvalue weighted by molar-refractivity contribution is 6.27. The van der Waals surface area contributed by atoms with E-state index in [0.717, 1.165) is 37.4 Å². The standard InChI is InChI=1S/C20H25N3O.C2H2O4/c1-3-22(4-2)14-13-21-20(24)23-18-11-7-5-9-16(18)15-17-10-6-8-12-19(17)23;3-1(4)2(5)6/h5-12H,3-4,13-15H2,1-2H3,(H,21,24);(H,3,4)(H,5,6). The first-order chi connectivity index (χ1) is 14.4. The number of anilines is 2. The molecule has 0 aromatic heterocycles. The summed E-state index contributed by atoms with van der Waals surface area (Å²) in [4.78, 5) is 35.2. The first kappa shape index (κ1) is 22.9. The van der Waals surface area contributed by atoms with Crippen molar-refractivity contribution in [3.05, 3.63) is 59.7 Å². The topological polar surface area (TPSA) is 110 Å². The third-order valence-electron chi connectivity index (χ3n) is 4.83. The molecule has 0 aliphatic carbocycles. The van der Waals surface area contributed by atoms with Gasteiger partial charge in [-0.15, -0.1) is 0 Å². The number of benzene rings is 2. The highest BCUT2D eigenvalue weighted by atomic mass is 16.4. The van der Waals surface area contributed by atoms with E-state index >= 15 is 0 Å². The van der Waals surface area contributed by atoms with Gasteiger partial charge in [0.25, 0.3) is 0 Å². The second-order valence-corrected chi connectivity index (χ2v) is 6.64. The first-order valence-corrected chi connectivity index (χ1v) is 9.81. The van der Waals surface area contributed by atoms with Crippen molar-refractivity contribution in [3.8, 4) is 0 Å². The normalized spacial score (nSPS) is 11.6. The van der Waals surface area contributed by atoms with Gasteiger partial charge in [-0.25, -0.2) is 14.4 Å². The van der Waals surface area contributed by atoms with Crippen molar-refractivity contribution in [2.45, 2.75) is 20.3 Å². The molecular weight excluding hydrogens is 386 g/mol. The largest absolute Gasteiger partial charge is 0.473 e. The lowest BCUT2D eigenvalue weighted by molar-refractivity contribution is -0.159. The molecule has 0 saturated heterocycles. The van der Waals surface area contributed by atoms with E-state index in [9.17, 15) is 4.79 Å². The molecule has 8 heteroatoms. The van der Waals surface area contributed by atoms with Gasteiger partial charge in [0.15, 0.2) is 0 Å². The molecule has 0 unspecified atom stereocenters. The lowest BCUT2D eigenvalue weighted by Gasteiger charge is -2.32. The van der Waals surface area contributed by atoms with E-state index in [2.05, 4.69) is 36.2 Å². The fourth-order valence-electron chi connectivity index (χ4n) is 3.25. The summed E-state index contributed by atoms with van der Waals surface area (Å²) in [5.41, 5.74) is 4.35. The van der Waals surface area contributed by atoms with Crippen LogP contribution in [-0.4, -0.2) is 59.3 Å². The highest BCUT2D eigenvalue weighted by Gasteiger charge is 2.26. The Kier molecular flexibility index (Phi) is 8.37. The average Bonchev–Trinajstić information content (AvgIpc) is 2.75. The number of urea groups is 1. The average molecular weight is 413 g/mol. The van der Waals surface area contributed by atoms with E-state index in [4.69, 9.17) is 19.8 Å². The molecule has 0 spiro atoms. The number of carbonyl (C=O) groups excluding carboxylic acids is 1. The molecular formula is C22H27N3O5. The predicted molar refractivity (Wildman–Crippen MR) is 114 cm³/mol. The summed E-state index contributed by atoms with van der Waals surface area (Å²) in [7, 11) is 0. The molecule has 0 bridgehead atoms. The van der Waals surface area contributed by atoms with Crippen LogP contribution in [0.2, 0.25) is 0 Å². The van der Waals surface area contributed by atoms with E-state index in [-0.39, 0.29) is 6.03 Å². The number of carbonyl (C=O) groups is 3.